The van der Waals surface area contributed by atoms with Gasteiger partial charge in [0.05, 0.1) is 17.9 Å². The number of ether oxygens (including phenoxy) is 1. The molecule has 1 aromatic heterocycles. The predicted octanol–water partition coefficient (Wildman–Crippen LogP) is 3.32. The van der Waals surface area contributed by atoms with Crippen molar-refractivity contribution < 1.29 is 9.84 Å². The van der Waals surface area contributed by atoms with Gasteiger partial charge in [-0.25, -0.2) is 4.68 Å². The summed E-state index contributed by atoms with van der Waals surface area (Å²) in [5, 5.41) is 14.5. The Hall–Kier alpha value is -1.23. The van der Waals surface area contributed by atoms with E-state index in [4.69, 9.17) is 27.9 Å². The van der Waals surface area contributed by atoms with Crippen molar-refractivity contribution in [2.75, 3.05) is 0 Å². The van der Waals surface area contributed by atoms with E-state index in [9.17, 15) is 5.11 Å². The van der Waals surface area contributed by atoms with Crippen LogP contribution in [0.1, 0.15) is 11.3 Å². The third-order valence-electron chi connectivity index (χ3n) is 2.50. The van der Waals surface area contributed by atoms with Gasteiger partial charge in [0.15, 0.2) is 0 Å². The van der Waals surface area contributed by atoms with Gasteiger partial charge in [0.25, 0.3) is 0 Å². The van der Waals surface area contributed by atoms with Crippen LogP contribution in [-0.4, -0.2) is 14.9 Å². The lowest BCUT2D eigenvalue weighted by Crippen LogP contribution is -1.97. The summed E-state index contributed by atoms with van der Waals surface area (Å²) in [4.78, 5) is 0. The van der Waals surface area contributed by atoms with Crippen LogP contribution < -0.4 is 4.74 Å². The molecule has 0 atom stereocenters. The van der Waals surface area contributed by atoms with Crippen molar-refractivity contribution in [3.63, 3.8) is 0 Å². The van der Waals surface area contributed by atoms with E-state index in [1.54, 1.807) is 29.9 Å². The van der Waals surface area contributed by atoms with Crippen LogP contribution in [0.4, 0.5) is 0 Å². The molecule has 0 spiro atoms. The van der Waals surface area contributed by atoms with Crippen molar-refractivity contribution in [1.82, 2.24) is 9.78 Å². The second-order valence-corrected chi connectivity index (χ2v) is 4.73. The molecule has 0 amide bonds. The molecule has 2 aromatic rings. The Balaban J connectivity index is 2.39. The van der Waals surface area contributed by atoms with Crippen LogP contribution in [0, 0.1) is 6.92 Å². The lowest BCUT2D eigenvalue weighted by molar-refractivity contribution is 0.274. The summed E-state index contributed by atoms with van der Waals surface area (Å²) in [5.74, 6) is 0.985. The lowest BCUT2D eigenvalue weighted by atomic mass is 10.2. The van der Waals surface area contributed by atoms with Crippen molar-refractivity contribution in [3.05, 3.63) is 39.5 Å². The SMILES string of the molecule is Cc1nn(C)c(Oc2cc(Cl)cc(Cl)c2)c1CO. The van der Waals surface area contributed by atoms with Gasteiger partial charge in [-0.3, -0.25) is 0 Å². The third-order valence-corrected chi connectivity index (χ3v) is 2.93. The van der Waals surface area contributed by atoms with Gasteiger partial charge < -0.3 is 9.84 Å². The van der Waals surface area contributed by atoms with Gasteiger partial charge in [0.2, 0.25) is 5.88 Å². The fraction of sp³-hybridized carbons (Fsp3) is 0.250. The minimum atomic E-state index is -0.136. The van der Waals surface area contributed by atoms with Gasteiger partial charge in [-0.05, 0) is 25.1 Å². The Bertz CT molecular complexity index is 561. The monoisotopic (exact) mass is 286 g/mol. The fourth-order valence-electron chi connectivity index (χ4n) is 1.69. The normalized spacial score (nSPS) is 10.7. The Kier molecular flexibility index (Phi) is 3.80. The molecule has 1 aromatic carbocycles. The van der Waals surface area contributed by atoms with E-state index in [0.29, 0.717) is 27.2 Å². The molecule has 0 bridgehead atoms. The summed E-state index contributed by atoms with van der Waals surface area (Å²) in [6.45, 7) is 1.67. The number of hydrogen-bond acceptors (Lipinski definition) is 3. The molecule has 0 saturated heterocycles. The number of aryl methyl sites for hydroxylation is 2. The summed E-state index contributed by atoms with van der Waals surface area (Å²) in [5.41, 5.74) is 1.37. The first-order valence-electron chi connectivity index (χ1n) is 5.28. The minimum absolute atomic E-state index is 0.136. The average molecular weight is 287 g/mol. The summed E-state index contributed by atoms with van der Waals surface area (Å²) < 4.78 is 7.25. The van der Waals surface area contributed by atoms with Crippen molar-refractivity contribution in [2.24, 2.45) is 7.05 Å². The van der Waals surface area contributed by atoms with Gasteiger partial charge in [-0.1, -0.05) is 23.2 Å². The summed E-state index contributed by atoms with van der Waals surface area (Å²) in [6, 6.07) is 4.92. The number of aliphatic hydroxyl groups is 1. The zero-order valence-electron chi connectivity index (χ0n) is 9.94. The number of benzene rings is 1. The van der Waals surface area contributed by atoms with Crippen LogP contribution in [-0.2, 0) is 13.7 Å². The highest BCUT2D eigenvalue weighted by atomic mass is 35.5. The van der Waals surface area contributed by atoms with E-state index in [1.165, 1.54) is 0 Å². The first-order chi connectivity index (χ1) is 8.51. The third kappa shape index (κ3) is 2.61. The Morgan fingerprint density at radius 2 is 1.89 bits per heavy atom. The van der Waals surface area contributed by atoms with E-state index in [-0.39, 0.29) is 6.61 Å². The van der Waals surface area contributed by atoms with Crippen LogP contribution in [0.15, 0.2) is 18.2 Å². The van der Waals surface area contributed by atoms with Crippen molar-refractivity contribution in [3.8, 4) is 11.6 Å². The van der Waals surface area contributed by atoms with Gasteiger partial charge in [0, 0.05) is 17.1 Å². The molecule has 4 nitrogen and oxygen atoms in total. The van der Waals surface area contributed by atoms with Crippen LogP contribution in [0.2, 0.25) is 10.0 Å². The van der Waals surface area contributed by atoms with Crippen LogP contribution in [0.3, 0.4) is 0 Å². The van der Waals surface area contributed by atoms with E-state index >= 15 is 0 Å². The van der Waals surface area contributed by atoms with Crippen LogP contribution >= 0.6 is 23.2 Å². The molecule has 0 aliphatic carbocycles. The largest absolute Gasteiger partial charge is 0.439 e. The zero-order valence-corrected chi connectivity index (χ0v) is 11.5. The highest BCUT2D eigenvalue weighted by Crippen LogP contribution is 2.31. The number of aliphatic hydroxyl groups excluding tert-OH is 1. The maximum absolute atomic E-state index is 9.31. The molecule has 0 radical (unpaired) electrons. The summed E-state index contributed by atoms with van der Waals surface area (Å²) in [7, 11) is 1.74. The van der Waals surface area contributed by atoms with Gasteiger partial charge in [-0.2, -0.15) is 5.10 Å². The minimum Gasteiger partial charge on any atom is -0.439 e. The molecule has 0 aliphatic heterocycles. The highest BCUT2D eigenvalue weighted by Gasteiger charge is 2.15. The Morgan fingerprint density at radius 1 is 1.28 bits per heavy atom. The molecule has 6 heteroatoms. The molecule has 0 aliphatic rings. The smallest absolute Gasteiger partial charge is 0.223 e. The van der Waals surface area contributed by atoms with Gasteiger partial charge >= 0.3 is 0 Å². The molecule has 18 heavy (non-hydrogen) atoms. The molecular weight excluding hydrogens is 275 g/mol. The molecule has 1 N–H and O–H groups in total. The van der Waals surface area contributed by atoms with E-state index in [2.05, 4.69) is 5.10 Å². The summed E-state index contributed by atoms with van der Waals surface area (Å²) in [6.07, 6.45) is 0. The predicted molar refractivity (Wildman–Crippen MR) is 70.4 cm³/mol. The maximum Gasteiger partial charge on any atom is 0.223 e. The van der Waals surface area contributed by atoms with Gasteiger partial charge in [0.1, 0.15) is 5.75 Å². The second kappa shape index (κ2) is 5.18. The topological polar surface area (TPSA) is 47.3 Å². The Morgan fingerprint density at radius 3 is 2.44 bits per heavy atom. The fourth-order valence-corrected chi connectivity index (χ4v) is 2.20. The Labute approximate surface area is 115 Å². The van der Waals surface area contributed by atoms with E-state index in [0.717, 1.165) is 5.69 Å². The summed E-state index contributed by atoms with van der Waals surface area (Å²) >= 11 is 11.8. The molecule has 2 rings (SSSR count). The molecule has 0 unspecified atom stereocenters. The molecule has 0 saturated carbocycles. The molecule has 1 heterocycles. The quantitative estimate of drug-likeness (QED) is 0.942. The van der Waals surface area contributed by atoms with E-state index < -0.39 is 0 Å². The molecule has 96 valence electrons. The van der Waals surface area contributed by atoms with Crippen molar-refractivity contribution in [2.45, 2.75) is 13.5 Å². The average Bonchev–Trinajstić information content (AvgIpc) is 2.52. The number of hydrogen-bond donors (Lipinski definition) is 1. The lowest BCUT2D eigenvalue weighted by Gasteiger charge is -2.08. The maximum atomic E-state index is 9.31. The first kappa shape index (κ1) is 13.2. The first-order valence-corrected chi connectivity index (χ1v) is 6.04. The molecule has 0 fully saturated rings. The zero-order chi connectivity index (χ0) is 13.3. The molecular formula is C12H12Cl2N2O2. The number of halogens is 2. The van der Waals surface area contributed by atoms with Crippen molar-refractivity contribution >= 4 is 23.2 Å². The van der Waals surface area contributed by atoms with Crippen LogP contribution in [0.25, 0.3) is 0 Å². The standard InChI is InChI=1S/C12H12Cl2N2O2/c1-7-11(6-17)12(16(2)15-7)18-10-4-8(13)3-9(14)5-10/h3-5,17H,6H2,1-2H3. The van der Waals surface area contributed by atoms with Crippen molar-refractivity contribution in [1.29, 1.82) is 0 Å². The number of rotatable bonds is 3. The number of nitrogens with zero attached hydrogens (tertiary/aromatic N) is 2. The van der Waals surface area contributed by atoms with E-state index in [1.807, 2.05) is 6.92 Å². The number of aromatic nitrogens is 2. The second-order valence-electron chi connectivity index (χ2n) is 3.86. The van der Waals surface area contributed by atoms with Gasteiger partial charge in [-0.15, -0.1) is 0 Å². The van der Waals surface area contributed by atoms with Crippen LogP contribution in [0.5, 0.6) is 11.6 Å². The highest BCUT2D eigenvalue weighted by molar-refractivity contribution is 6.34.